The first kappa shape index (κ1) is 18.8. The minimum absolute atomic E-state index is 0.237. The summed E-state index contributed by atoms with van der Waals surface area (Å²) >= 11 is 11.0. The lowest BCUT2D eigenvalue weighted by Crippen LogP contribution is -2.39. The Balaban J connectivity index is 1.75. The number of ether oxygens (including phenoxy) is 1. The van der Waals surface area contributed by atoms with Gasteiger partial charge in [0, 0.05) is 35.5 Å². The van der Waals surface area contributed by atoms with Crippen LogP contribution in [0.4, 0.5) is 4.79 Å². The van der Waals surface area contributed by atoms with Crippen molar-refractivity contribution in [1.29, 1.82) is 0 Å². The van der Waals surface area contributed by atoms with Crippen LogP contribution in [0.2, 0.25) is 4.34 Å². The number of hydrogen-bond acceptors (Lipinski definition) is 4. The molecule has 1 aromatic rings. The lowest BCUT2D eigenvalue weighted by atomic mass is 10.1. The SMILES string of the molecule is CC(C)(C)OC(=O)N1CC=C(CNCc2cc(Br)c(Cl)s2)CC1. The summed E-state index contributed by atoms with van der Waals surface area (Å²) in [7, 11) is 0. The Hall–Kier alpha value is -0.560. The summed E-state index contributed by atoms with van der Waals surface area (Å²) in [6.07, 6.45) is 2.75. The van der Waals surface area contributed by atoms with Gasteiger partial charge in [0.15, 0.2) is 0 Å². The number of rotatable bonds is 4. The zero-order valence-electron chi connectivity index (χ0n) is 13.6. The molecule has 0 atom stereocenters. The molecule has 1 N–H and O–H groups in total. The van der Waals surface area contributed by atoms with Gasteiger partial charge in [-0.25, -0.2) is 4.79 Å². The fraction of sp³-hybridized carbons (Fsp3) is 0.562. The topological polar surface area (TPSA) is 41.6 Å². The van der Waals surface area contributed by atoms with E-state index in [4.69, 9.17) is 16.3 Å². The molecule has 1 aliphatic heterocycles. The third-order valence-corrected chi connectivity index (χ3v) is 5.78. The molecule has 23 heavy (non-hydrogen) atoms. The van der Waals surface area contributed by atoms with Gasteiger partial charge in [-0.05, 0) is 49.2 Å². The third-order valence-electron chi connectivity index (χ3n) is 3.30. The molecule has 1 aromatic heterocycles. The molecule has 2 rings (SSSR count). The molecule has 1 aliphatic rings. The molecular formula is C16H22BrClN2O2S. The van der Waals surface area contributed by atoms with E-state index in [0.717, 1.165) is 28.3 Å². The molecule has 0 aliphatic carbocycles. The molecule has 0 unspecified atom stereocenters. The predicted octanol–water partition coefficient (Wildman–Crippen LogP) is 4.82. The fourth-order valence-electron chi connectivity index (χ4n) is 2.19. The zero-order valence-corrected chi connectivity index (χ0v) is 16.8. The molecule has 128 valence electrons. The third kappa shape index (κ3) is 6.10. The number of amides is 1. The van der Waals surface area contributed by atoms with Crippen LogP contribution in [0.3, 0.4) is 0 Å². The maximum Gasteiger partial charge on any atom is 0.410 e. The first-order valence-electron chi connectivity index (χ1n) is 7.55. The summed E-state index contributed by atoms with van der Waals surface area (Å²) in [6.45, 7) is 8.60. The van der Waals surface area contributed by atoms with Crippen molar-refractivity contribution in [1.82, 2.24) is 10.2 Å². The van der Waals surface area contributed by atoms with Crippen LogP contribution in [0, 0.1) is 0 Å². The minimum Gasteiger partial charge on any atom is -0.444 e. The number of nitrogens with zero attached hydrogens (tertiary/aromatic N) is 1. The Morgan fingerprint density at radius 1 is 1.48 bits per heavy atom. The van der Waals surface area contributed by atoms with Gasteiger partial charge >= 0.3 is 6.09 Å². The molecule has 7 heteroatoms. The second-order valence-electron chi connectivity index (χ2n) is 6.48. The minimum atomic E-state index is -0.446. The van der Waals surface area contributed by atoms with E-state index in [0.29, 0.717) is 13.1 Å². The Kier molecular flexibility index (Phi) is 6.54. The number of thiophene rings is 1. The highest BCUT2D eigenvalue weighted by Gasteiger charge is 2.23. The van der Waals surface area contributed by atoms with E-state index in [9.17, 15) is 4.79 Å². The van der Waals surface area contributed by atoms with Gasteiger partial charge in [0.1, 0.15) is 9.94 Å². The van der Waals surface area contributed by atoms with E-state index in [1.165, 1.54) is 10.5 Å². The highest BCUT2D eigenvalue weighted by atomic mass is 79.9. The second kappa shape index (κ2) is 8.01. The van der Waals surface area contributed by atoms with Crippen LogP contribution >= 0.6 is 38.9 Å². The summed E-state index contributed by atoms with van der Waals surface area (Å²) in [5, 5.41) is 3.42. The summed E-state index contributed by atoms with van der Waals surface area (Å²) in [4.78, 5) is 14.9. The van der Waals surface area contributed by atoms with Crippen molar-refractivity contribution < 1.29 is 9.53 Å². The Bertz CT molecular complexity index is 576. The number of nitrogens with one attached hydrogen (secondary N) is 1. The Morgan fingerprint density at radius 2 is 2.22 bits per heavy atom. The van der Waals surface area contributed by atoms with E-state index in [-0.39, 0.29) is 6.09 Å². The van der Waals surface area contributed by atoms with Crippen LogP contribution in [0.5, 0.6) is 0 Å². The molecular weight excluding hydrogens is 400 g/mol. The normalized spacial score (nSPS) is 15.5. The lowest BCUT2D eigenvalue weighted by Gasteiger charge is -2.29. The van der Waals surface area contributed by atoms with Crippen LogP contribution in [0.1, 0.15) is 32.1 Å². The largest absolute Gasteiger partial charge is 0.444 e. The van der Waals surface area contributed by atoms with Crippen molar-refractivity contribution in [3.63, 3.8) is 0 Å². The summed E-state index contributed by atoms with van der Waals surface area (Å²) in [5.74, 6) is 0. The van der Waals surface area contributed by atoms with Crippen LogP contribution in [0.25, 0.3) is 0 Å². The molecule has 0 fully saturated rings. The number of hydrogen-bond donors (Lipinski definition) is 1. The van der Waals surface area contributed by atoms with E-state index in [2.05, 4.69) is 27.3 Å². The maximum atomic E-state index is 12.0. The fourth-order valence-corrected chi connectivity index (χ4v) is 3.95. The lowest BCUT2D eigenvalue weighted by molar-refractivity contribution is 0.0265. The molecule has 4 nitrogen and oxygen atoms in total. The quantitative estimate of drug-likeness (QED) is 0.709. The van der Waals surface area contributed by atoms with Crippen molar-refractivity contribution in [2.75, 3.05) is 19.6 Å². The van der Waals surface area contributed by atoms with Gasteiger partial charge in [-0.15, -0.1) is 11.3 Å². The highest BCUT2D eigenvalue weighted by Crippen LogP contribution is 2.31. The Morgan fingerprint density at radius 3 is 2.74 bits per heavy atom. The highest BCUT2D eigenvalue weighted by molar-refractivity contribution is 9.10. The molecule has 0 radical (unpaired) electrons. The molecule has 0 saturated carbocycles. The smallest absolute Gasteiger partial charge is 0.410 e. The van der Waals surface area contributed by atoms with Crippen molar-refractivity contribution >= 4 is 45.0 Å². The number of carbonyl (C=O) groups excluding carboxylic acids is 1. The van der Waals surface area contributed by atoms with Gasteiger partial charge in [-0.2, -0.15) is 0 Å². The first-order valence-corrected chi connectivity index (χ1v) is 9.53. The van der Waals surface area contributed by atoms with Crippen LogP contribution < -0.4 is 5.32 Å². The van der Waals surface area contributed by atoms with E-state index in [1.807, 2.05) is 26.8 Å². The average Bonchev–Trinajstić information content (AvgIpc) is 2.76. The molecule has 0 saturated heterocycles. The average molecular weight is 422 g/mol. The molecule has 0 spiro atoms. The second-order valence-corrected chi connectivity index (χ2v) is 9.07. The van der Waals surface area contributed by atoms with Crippen molar-refractivity contribution in [2.45, 2.75) is 39.3 Å². The van der Waals surface area contributed by atoms with Crippen molar-refractivity contribution in [3.8, 4) is 0 Å². The molecule has 0 bridgehead atoms. The Labute approximate surface area is 155 Å². The van der Waals surface area contributed by atoms with Gasteiger partial charge in [0.25, 0.3) is 0 Å². The zero-order chi connectivity index (χ0) is 17.0. The van der Waals surface area contributed by atoms with Crippen LogP contribution in [0.15, 0.2) is 22.2 Å². The van der Waals surface area contributed by atoms with E-state index in [1.54, 1.807) is 16.2 Å². The van der Waals surface area contributed by atoms with Crippen molar-refractivity contribution in [3.05, 3.63) is 31.4 Å². The van der Waals surface area contributed by atoms with Gasteiger partial charge in [-0.1, -0.05) is 23.3 Å². The maximum absolute atomic E-state index is 12.0. The molecule has 0 aromatic carbocycles. The monoisotopic (exact) mass is 420 g/mol. The first-order chi connectivity index (χ1) is 10.7. The van der Waals surface area contributed by atoms with Gasteiger partial charge < -0.3 is 15.0 Å². The summed E-state index contributed by atoms with van der Waals surface area (Å²) < 4.78 is 7.13. The van der Waals surface area contributed by atoms with Gasteiger partial charge in [-0.3, -0.25) is 0 Å². The number of halogens is 2. The molecule has 2 heterocycles. The van der Waals surface area contributed by atoms with E-state index < -0.39 is 5.60 Å². The summed E-state index contributed by atoms with van der Waals surface area (Å²) in [5.41, 5.74) is 0.880. The standard InChI is InChI=1S/C16H22BrClN2O2S/c1-16(2,3)22-15(21)20-6-4-11(5-7-20)9-19-10-12-8-13(17)14(18)23-12/h4,8,19H,5-7,9-10H2,1-3H3. The van der Waals surface area contributed by atoms with E-state index >= 15 is 0 Å². The van der Waals surface area contributed by atoms with Crippen molar-refractivity contribution in [2.24, 2.45) is 0 Å². The van der Waals surface area contributed by atoms with Crippen LogP contribution in [-0.2, 0) is 11.3 Å². The van der Waals surface area contributed by atoms with Gasteiger partial charge in [0.05, 0.1) is 0 Å². The predicted molar refractivity (Wildman–Crippen MR) is 99.2 cm³/mol. The number of carbonyl (C=O) groups is 1. The van der Waals surface area contributed by atoms with Crippen LogP contribution in [-0.4, -0.2) is 36.2 Å². The van der Waals surface area contributed by atoms with Gasteiger partial charge in [0.2, 0.25) is 0 Å². The summed E-state index contributed by atoms with van der Waals surface area (Å²) in [6, 6.07) is 2.04. The molecule has 1 amide bonds.